The van der Waals surface area contributed by atoms with E-state index in [0.29, 0.717) is 5.69 Å². The number of nitrogens with zero attached hydrogens (tertiary/aromatic N) is 2. The molecule has 0 saturated carbocycles. The predicted octanol–water partition coefficient (Wildman–Crippen LogP) is 1.50. The molecule has 1 aromatic heterocycles. The van der Waals surface area contributed by atoms with Crippen LogP contribution in [0.1, 0.15) is 24.2 Å². The van der Waals surface area contributed by atoms with Crippen molar-refractivity contribution in [2.75, 3.05) is 18.9 Å². The van der Waals surface area contributed by atoms with Crippen LogP contribution in [-0.4, -0.2) is 50.8 Å². The topological polar surface area (TPSA) is 113 Å². The molecule has 0 saturated heterocycles. The number of anilines is 1. The van der Waals surface area contributed by atoms with E-state index in [1.807, 2.05) is 19.2 Å². The number of nitrogens with one attached hydrogen (secondary N) is 1. The smallest absolute Gasteiger partial charge is 0.393 e. The third-order valence-corrected chi connectivity index (χ3v) is 3.38. The second kappa shape index (κ2) is 8.68. The van der Waals surface area contributed by atoms with Gasteiger partial charge >= 0.3 is 6.18 Å². The highest BCUT2D eigenvalue weighted by atomic mass is 19.4. The Morgan fingerprint density at radius 2 is 1.85 bits per heavy atom. The number of hydrogen-bond donors (Lipinski definition) is 4. The normalized spacial score (nSPS) is 13.3. The first-order valence-electron chi connectivity index (χ1n) is 7.77. The summed E-state index contributed by atoms with van der Waals surface area (Å²) in [5.74, 6) is -1.02. The summed E-state index contributed by atoms with van der Waals surface area (Å²) in [6, 6.07) is 8.57. The van der Waals surface area contributed by atoms with Crippen LogP contribution in [0.25, 0.3) is 5.69 Å². The van der Waals surface area contributed by atoms with Crippen LogP contribution < -0.4 is 11.1 Å². The van der Waals surface area contributed by atoms with Crippen LogP contribution in [0.4, 0.5) is 19.0 Å². The number of aliphatic hydroxyl groups excluding tert-OH is 1. The van der Waals surface area contributed by atoms with Crippen molar-refractivity contribution in [2.24, 2.45) is 0 Å². The number of amides is 1. The number of carbonyl (C=O) groups excluding carboxylic acids is 1. The van der Waals surface area contributed by atoms with E-state index >= 15 is 0 Å². The summed E-state index contributed by atoms with van der Waals surface area (Å²) in [5, 5.41) is 23.9. The third-order valence-electron chi connectivity index (χ3n) is 3.38. The van der Waals surface area contributed by atoms with Gasteiger partial charge in [-0.1, -0.05) is 32.0 Å². The molecule has 5 N–H and O–H groups in total. The molecule has 0 aliphatic rings. The number of para-hydroxylation sites is 1. The maximum Gasteiger partial charge on any atom is 0.421 e. The van der Waals surface area contributed by atoms with Crippen molar-refractivity contribution < 1.29 is 28.2 Å². The van der Waals surface area contributed by atoms with Gasteiger partial charge in [0.1, 0.15) is 11.4 Å². The summed E-state index contributed by atoms with van der Waals surface area (Å²) in [5.41, 5.74) is 2.78. The standard InChI is InChI=1S/C14H15F3N4O3.C2H6/c15-14(16,17)13(24,8-22)7-19-12(23)10-6-20-21(11(10)18)9-4-2-1-3-5-9;1-2/h1-6,22,24H,7-8,18H2,(H,19,23);1-2H3. The molecule has 2 aromatic rings. The van der Waals surface area contributed by atoms with E-state index in [4.69, 9.17) is 10.8 Å². The van der Waals surface area contributed by atoms with Crippen LogP contribution in [0.5, 0.6) is 0 Å². The quantitative estimate of drug-likeness (QED) is 0.633. The minimum atomic E-state index is -5.10. The van der Waals surface area contributed by atoms with Crippen LogP contribution in [0.2, 0.25) is 0 Å². The minimum absolute atomic E-state index is 0.0711. The molecule has 0 bridgehead atoms. The molecule has 26 heavy (non-hydrogen) atoms. The van der Waals surface area contributed by atoms with Crippen molar-refractivity contribution in [3.63, 3.8) is 0 Å². The number of carbonyl (C=O) groups is 1. The highest BCUT2D eigenvalue weighted by Gasteiger charge is 2.53. The van der Waals surface area contributed by atoms with Crippen molar-refractivity contribution >= 4 is 11.7 Å². The van der Waals surface area contributed by atoms with Crippen LogP contribution in [0, 0.1) is 0 Å². The van der Waals surface area contributed by atoms with Gasteiger partial charge in [0.05, 0.1) is 25.0 Å². The van der Waals surface area contributed by atoms with Crippen LogP contribution in [0.15, 0.2) is 36.5 Å². The van der Waals surface area contributed by atoms with Crippen molar-refractivity contribution in [1.82, 2.24) is 15.1 Å². The van der Waals surface area contributed by atoms with Crippen molar-refractivity contribution in [2.45, 2.75) is 25.6 Å². The summed E-state index contributed by atoms with van der Waals surface area (Å²) < 4.78 is 39.2. The summed E-state index contributed by atoms with van der Waals surface area (Å²) in [7, 11) is 0. The van der Waals surface area contributed by atoms with E-state index < -0.39 is 30.8 Å². The molecule has 1 amide bonds. The average molecular weight is 374 g/mol. The Balaban J connectivity index is 0.00000163. The first kappa shape index (κ1) is 21.5. The number of benzene rings is 1. The number of nitrogens with two attached hydrogens (primary N) is 1. The molecule has 0 aliphatic heterocycles. The molecule has 0 radical (unpaired) electrons. The van der Waals surface area contributed by atoms with Gasteiger partial charge in [-0.2, -0.15) is 18.3 Å². The van der Waals surface area contributed by atoms with Gasteiger partial charge in [-0.25, -0.2) is 4.68 Å². The Hall–Kier alpha value is -2.59. The lowest BCUT2D eigenvalue weighted by Crippen LogP contribution is -2.56. The molecule has 1 unspecified atom stereocenters. The number of aliphatic hydroxyl groups is 2. The molecule has 1 heterocycles. The average Bonchev–Trinajstić information content (AvgIpc) is 3.02. The molecule has 0 spiro atoms. The zero-order valence-corrected chi connectivity index (χ0v) is 14.3. The zero-order valence-electron chi connectivity index (χ0n) is 14.3. The van der Waals surface area contributed by atoms with E-state index in [9.17, 15) is 23.1 Å². The van der Waals surface area contributed by atoms with Crippen LogP contribution >= 0.6 is 0 Å². The number of alkyl halides is 3. The second-order valence-corrected chi connectivity index (χ2v) is 5.06. The lowest BCUT2D eigenvalue weighted by Gasteiger charge is -2.28. The Kier molecular flexibility index (Phi) is 7.16. The number of aromatic nitrogens is 2. The fraction of sp³-hybridized carbons (Fsp3) is 0.375. The van der Waals surface area contributed by atoms with E-state index in [-0.39, 0.29) is 11.4 Å². The minimum Gasteiger partial charge on any atom is -0.393 e. The SMILES string of the molecule is CC.Nc1c(C(=O)NCC(O)(CO)C(F)(F)F)cnn1-c1ccccc1. The summed E-state index contributed by atoms with van der Waals surface area (Å²) >= 11 is 0. The first-order chi connectivity index (χ1) is 12.2. The Labute approximate surface area is 148 Å². The predicted molar refractivity (Wildman–Crippen MR) is 89.7 cm³/mol. The molecule has 10 heteroatoms. The van der Waals surface area contributed by atoms with Crippen molar-refractivity contribution in [3.8, 4) is 5.69 Å². The van der Waals surface area contributed by atoms with E-state index in [2.05, 4.69) is 5.10 Å². The Morgan fingerprint density at radius 3 is 2.35 bits per heavy atom. The molecule has 0 fully saturated rings. The maximum absolute atomic E-state index is 12.7. The van der Waals surface area contributed by atoms with Gasteiger partial charge in [0.15, 0.2) is 0 Å². The zero-order chi connectivity index (χ0) is 20.0. The number of halogens is 3. The van der Waals surface area contributed by atoms with E-state index in [1.165, 1.54) is 4.68 Å². The maximum atomic E-state index is 12.7. The molecule has 144 valence electrons. The Bertz CT molecular complexity index is 719. The van der Waals surface area contributed by atoms with Gasteiger partial charge in [0, 0.05) is 0 Å². The van der Waals surface area contributed by atoms with Crippen LogP contribution in [0.3, 0.4) is 0 Å². The van der Waals surface area contributed by atoms with Gasteiger partial charge in [-0.05, 0) is 12.1 Å². The summed E-state index contributed by atoms with van der Waals surface area (Å²) in [4.78, 5) is 12.0. The van der Waals surface area contributed by atoms with Crippen molar-refractivity contribution in [3.05, 3.63) is 42.1 Å². The molecule has 0 aliphatic carbocycles. The number of nitrogen functional groups attached to an aromatic ring is 1. The summed E-state index contributed by atoms with van der Waals surface area (Å²) in [6.07, 6.45) is -4.00. The van der Waals surface area contributed by atoms with Gasteiger partial charge < -0.3 is 21.3 Å². The third kappa shape index (κ3) is 4.52. The largest absolute Gasteiger partial charge is 0.421 e. The fourth-order valence-electron chi connectivity index (χ4n) is 1.88. The number of rotatable bonds is 5. The number of hydrogen-bond acceptors (Lipinski definition) is 5. The van der Waals surface area contributed by atoms with E-state index in [1.54, 1.807) is 30.3 Å². The van der Waals surface area contributed by atoms with Gasteiger partial charge in [-0.3, -0.25) is 4.79 Å². The lowest BCUT2D eigenvalue weighted by molar-refractivity contribution is -0.267. The monoisotopic (exact) mass is 374 g/mol. The Morgan fingerprint density at radius 1 is 1.27 bits per heavy atom. The van der Waals surface area contributed by atoms with Crippen molar-refractivity contribution in [1.29, 1.82) is 0 Å². The van der Waals surface area contributed by atoms with Crippen LogP contribution in [-0.2, 0) is 0 Å². The van der Waals surface area contributed by atoms with Gasteiger partial charge in [0.2, 0.25) is 5.60 Å². The first-order valence-corrected chi connectivity index (χ1v) is 7.77. The van der Waals surface area contributed by atoms with Gasteiger partial charge in [0.25, 0.3) is 5.91 Å². The second-order valence-electron chi connectivity index (χ2n) is 5.06. The molecule has 2 rings (SSSR count). The molecule has 1 aromatic carbocycles. The van der Waals surface area contributed by atoms with E-state index in [0.717, 1.165) is 6.20 Å². The molecular formula is C16H21F3N4O3. The van der Waals surface area contributed by atoms with Gasteiger partial charge in [-0.15, -0.1) is 0 Å². The molecule has 1 atom stereocenters. The molecule has 7 nitrogen and oxygen atoms in total. The lowest BCUT2D eigenvalue weighted by atomic mass is 10.1. The molecular weight excluding hydrogens is 353 g/mol. The highest BCUT2D eigenvalue weighted by molar-refractivity contribution is 5.98. The fourth-order valence-corrected chi connectivity index (χ4v) is 1.88. The summed E-state index contributed by atoms with van der Waals surface area (Å²) in [6.45, 7) is 1.19. The highest BCUT2D eigenvalue weighted by Crippen LogP contribution is 2.29.